The van der Waals surface area contributed by atoms with E-state index in [0.717, 1.165) is 44.2 Å². The highest BCUT2D eigenvalue weighted by atomic mass is 36.0. The van der Waals surface area contributed by atoms with E-state index in [-0.39, 0.29) is 16.5 Å². The zero-order valence-electron chi connectivity index (χ0n) is 29.6. The summed E-state index contributed by atoms with van der Waals surface area (Å²) in [5.41, 5.74) is 16.2. The Bertz CT molecular complexity index is 2140. The van der Waals surface area contributed by atoms with E-state index in [1.807, 2.05) is 6.92 Å². The molecule has 7 rings (SSSR count). The highest BCUT2D eigenvalue weighted by Gasteiger charge is 2.29. The van der Waals surface area contributed by atoms with Gasteiger partial charge >= 0.3 is 11.2 Å². The molecule has 3 aromatic heterocycles. The van der Waals surface area contributed by atoms with Crippen molar-refractivity contribution in [3.63, 3.8) is 0 Å². The highest BCUT2D eigenvalue weighted by molar-refractivity contribution is 8.24. The van der Waals surface area contributed by atoms with Gasteiger partial charge in [0.05, 0.1) is 11.0 Å². The fourth-order valence-electron chi connectivity index (χ4n) is 6.03. The summed E-state index contributed by atoms with van der Waals surface area (Å²) in [7, 11) is 0. The predicted molar refractivity (Wildman–Crippen MR) is 210 cm³/mol. The van der Waals surface area contributed by atoms with Crippen molar-refractivity contribution in [2.45, 2.75) is 104 Å². The maximum Gasteiger partial charge on any atom is 0.354 e. The van der Waals surface area contributed by atoms with Crippen molar-refractivity contribution in [2.75, 3.05) is 5.73 Å². The molecule has 2 fully saturated rings. The van der Waals surface area contributed by atoms with Crippen molar-refractivity contribution < 1.29 is 14.5 Å². The Labute approximate surface area is 311 Å². The molecule has 2 saturated carbocycles. The smallest absolute Gasteiger partial charge is 0.354 e. The first-order valence-electron chi connectivity index (χ1n) is 16.5. The molecule has 0 atom stereocenters. The van der Waals surface area contributed by atoms with Crippen LogP contribution in [0.3, 0.4) is 0 Å². The molecule has 0 unspecified atom stereocenters. The topological polar surface area (TPSA) is 132 Å². The van der Waals surface area contributed by atoms with Crippen molar-refractivity contribution in [3.05, 3.63) is 75.5 Å². The molecule has 0 radical (unpaired) electrons. The minimum atomic E-state index is -3.22. The number of aromatic nitrogens is 4. The van der Waals surface area contributed by atoms with Gasteiger partial charge in [-0.1, -0.05) is 65.0 Å². The fraction of sp³-hybridized carbons (Fsp3) is 0.432. The molecule has 0 amide bonds. The lowest BCUT2D eigenvalue weighted by Gasteiger charge is -2.23. The summed E-state index contributed by atoms with van der Waals surface area (Å²) in [4.78, 5) is 20.7. The number of nitrogens with two attached hydrogens (primary N) is 1. The largest absolute Gasteiger partial charge is 0.477 e. The average molecular weight is 775 g/mol. The van der Waals surface area contributed by atoms with E-state index in [4.69, 9.17) is 10.7 Å². The van der Waals surface area contributed by atoms with E-state index in [1.165, 1.54) is 64.7 Å². The molecular weight excluding hydrogens is 732 g/mol. The minimum Gasteiger partial charge on any atom is -0.477 e. The Balaban J connectivity index is 0.000000173. The molecule has 2 aromatic carbocycles. The number of benzene rings is 2. The van der Waals surface area contributed by atoms with Crippen molar-refractivity contribution >= 4 is 83.2 Å². The zero-order valence-corrected chi connectivity index (χ0v) is 33.5. The lowest BCUT2D eigenvalue weighted by Crippen LogP contribution is -2.14. The molecule has 50 heavy (non-hydrogen) atoms. The number of nitrogen functional groups attached to an aromatic ring is 1. The van der Waals surface area contributed by atoms with Crippen LogP contribution >= 0.6 is 50.3 Å². The van der Waals surface area contributed by atoms with Gasteiger partial charge in [0.25, 0.3) is 0 Å². The molecular formula is C37H43Cl3N5O3PS. The number of aromatic carboxylic acids is 1. The van der Waals surface area contributed by atoms with Crippen LogP contribution in [0.15, 0.2) is 36.4 Å². The van der Waals surface area contributed by atoms with Gasteiger partial charge in [-0.25, -0.2) is 14.8 Å². The van der Waals surface area contributed by atoms with Crippen LogP contribution in [0.25, 0.3) is 32.5 Å². The van der Waals surface area contributed by atoms with Gasteiger partial charge in [-0.2, -0.15) is 0 Å². The SMILES string of the molecule is Cc1cc(-c2nnc(N)s2)nc2c(C(C)(C)C)cc(C3CC3)cc12.Cc1cc(C(=O)O)nc2c(C(C)(C)C)cc(C3CC3)cc12.O=P(Cl)(Cl)Cl. The van der Waals surface area contributed by atoms with Gasteiger partial charge in [-0.3, -0.25) is 4.57 Å². The van der Waals surface area contributed by atoms with E-state index in [0.29, 0.717) is 11.0 Å². The number of carboxylic acids is 1. The number of carboxylic acid groups (broad SMARTS) is 1. The number of nitrogens with zero attached hydrogens (tertiary/aromatic N) is 4. The normalized spacial score (nSPS) is 14.9. The van der Waals surface area contributed by atoms with E-state index < -0.39 is 11.2 Å². The summed E-state index contributed by atoms with van der Waals surface area (Å²) in [6.07, 6.45) is 5.14. The molecule has 0 bridgehead atoms. The van der Waals surface area contributed by atoms with Crippen molar-refractivity contribution in [3.8, 4) is 10.7 Å². The van der Waals surface area contributed by atoms with Crippen LogP contribution in [0.5, 0.6) is 0 Å². The quantitative estimate of drug-likeness (QED) is 0.172. The van der Waals surface area contributed by atoms with Crippen molar-refractivity contribution in [1.29, 1.82) is 0 Å². The van der Waals surface area contributed by atoms with Gasteiger partial charge < -0.3 is 10.8 Å². The summed E-state index contributed by atoms with van der Waals surface area (Å²) >= 11 is 15.2. The molecule has 2 aliphatic carbocycles. The number of aryl methyl sites for hydroxylation is 2. The Morgan fingerprint density at radius 2 is 1.22 bits per heavy atom. The third-order valence-electron chi connectivity index (χ3n) is 8.88. The highest BCUT2D eigenvalue weighted by Crippen LogP contribution is 2.61. The van der Waals surface area contributed by atoms with Gasteiger partial charge in [0.15, 0.2) is 5.01 Å². The number of fused-ring (bicyclic) bond motifs is 2. The molecule has 8 nitrogen and oxygen atoms in total. The van der Waals surface area contributed by atoms with Crippen molar-refractivity contribution in [2.24, 2.45) is 0 Å². The van der Waals surface area contributed by atoms with Gasteiger partial charge in [-0.05, 0) is 154 Å². The first kappa shape index (κ1) is 38.4. The van der Waals surface area contributed by atoms with E-state index >= 15 is 0 Å². The van der Waals surface area contributed by atoms with Crippen LogP contribution in [0.1, 0.15) is 123 Å². The van der Waals surface area contributed by atoms with Crippen LogP contribution < -0.4 is 5.73 Å². The van der Waals surface area contributed by atoms with Crippen LogP contribution in [-0.4, -0.2) is 31.2 Å². The second-order valence-electron chi connectivity index (χ2n) is 15.3. The van der Waals surface area contributed by atoms with Crippen LogP contribution in [0.2, 0.25) is 0 Å². The molecule has 266 valence electrons. The van der Waals surface area contributed by atoms with Crippen LogP contribution in [-0.2, 0) is 15.4 Å². The summed E-state index contributed by atoms with van der Waals surface area (Å²) in [6, 6.07) is 12.9. The number of hydrogen-bond acceptors (Lipinski definition) is 8. The van der Waals surface area contributed by atoms with E-state index in [1.54, 1.807) is 6.07 Å². The first-order chi connectivity index (χ1) is 23.1. The molecule has 0 spiro atoms. The number of anilines is 1. The van der Waals surface area contributed by atoms with Crippen LogP contribution in [0, 0.1) is 13.8 Å². The van der Waals surface area contributed by atoms with Gasteiger partial charge in [0.2, 0.25) is 5.13 Å². The lowest BCUT2D eigenvalue weighted by atomic mass is 9.83. The fourth-order valence-corrected chi connectivity index (χ4v) is 6.60. The molecule has 3 heterocycles. The second-order valence-corrected chi connectivity index (χ2v) is 22.9. The predicted octanol–water partition coefficient (Wildman–Crippen LogP) is 12.0. The maximum absolute atomic E-state index is 11.3. The Morgan fingerprint density at radius 1 is 0.780 bits per heavy atom. The number of carbonyl (C=O) groups is 1. The third-order valence-corrected chi connectivity index (χ3v) is 9.65. The molecule has 0 saturated heterocycles. The Morgan fingerprint density at radius 3 is 1.60 bits per heavy atom. The maximum atomic E-state index is 11.3. The molecule has 3 N–H and O–H groups in total. The number of hydrogen-bond donors (Lipinski definition) is 2. The average Bonchev–Trinajstić information content (AvgIpc) is 3.92. The number of pyridine rings is 2. The second kappa shape index (κ2) is 14.3. The molecule has 13 heteroatoms. The monoisotopic (exact) mass is 773 g/mol. The summed E-state index contributed by atoms with van der Waals surface area (Å²) in [6.45, 7) is 17.4. The van der Waals surface area contributed by atoms with Gasteiger partial charge in [-0.15, -0.1) is 10.2 Å². The molecule has 2 aliphatic rings. The van der Waals surface area contributed by atoms with Gasteiger partial charge in [0.1, 0.15) is 11.4 Å². The van der Waals surface area contributed by atoms with Crippen LogP contribution in [0.4, 0.5) is 5.13 Å². The standard InChI is InChI=1S/C19H22N4S.C18H21NO2.Cl3OP/c1-10-7-15(17-22-23-18(20)24-17)21-16-13(10)8-12(11-5-6-11)9-14(16)19(2,3)4;1-10-7-15(17(20)21)19-16-13(10)8-12(11-5-6-11)9-14(16)18(2,3)4;1-5(2,3)4/h7-9,11H,5-6H2,1-4H3,(H2,20,23);7-9,11H,5-6H2,1-4H3,(H,20,21);. The first-order valence-corrected chi connectivity index (χ1v) is 21.8. The Kier molecular flexibility index (Phi) is 11.0. The summed E-state index contributed by atoms with van der Waals surface area (Å²) in [5, 5.41) is 17.7. The number of rotatable bonds is 4. The lowest BCUT2D eigenvalue weighted by molar-refractivity contribution is 0.0690. The third kappa shape index (κ3) is 9.54. The van der Waals surface area contributed by atoms with E-state index in [2.05, 4.69) is 128 Å². The minimum absolute atomic E-state index is 0.0430. The van der Waals surface area contributed by atoms with Gasteiger partial charge in [0, 0.05) is 10.8 Å². The number of halogens is 3. The summed E-state index contributed by atoms with van der Waals surface area (Å²) < 4.78 is 9.51. The molecule has 5 aromatic rings. The summed E-state index contributed by atoms with van der Waals surface area (Å²) in [5.74, 6) is 0.442. The molecule has 0 aliphatic heterocycles. The zero-order chi connectivity index (χ0) is 36.9. The van der Waals surface area contributed by atoms with Crippen molar-refractivity contribution in [1.82, 2.24) is 20.2 Å². The Hall–Kier alpha value is -2.81. The van der Waals surface area contributed by atoms with E-state index in [9.17, 15) is 14.5 Å².